The fourth-order valence-corrected chi connectivity index (χ4v) is 3.00. The van der Waals surface area contributed by atoms with Crippen molar-refractivity contribution in [2.75, 3.05) is 26.2 Å². The maximum atomic E-state index is 13.9. The molecule has 0 radical (unpaired) electrons. The van der Waals surface area contributed by atoms with Crippen molar-refractivity contribution in [1.82, 2.24) is 10.2 Å². The number of piperidine rings is 1. The first-order chi connectivity index (χ1) is 10.2. The Kier molecular flexibility index (Phi) is 6.16. The predicted molar refractivity (Wildman–Crippen MR) is 82.3 cm³/mol. The molecule has 4 heteroatoms. The quantitative estimate of drug-likeness (QED) is 0.875. The van der Waals surface area contributed by atoms with Crippen LogP contribution in [0.3, 0.4) is 0 Å². The minimum atomic E-state index is -0.211. The first kappa shape index (κ1) is 15.9. The van der Waals surface area contributed by atoms with Crippen molar-refractivity contribution in [1.29, 1.82) is 5.26 Å². The number of nitrogens with zero attached hydrogens (tertiary/aromatic N) is 2. The summed E-state index contributed by atoms with van der Waals surface area (Å²) in [4.78, 5) is 2.32. The minimum Gasteiger partial charge on any atom is -0.316 e. The molecule has 2 rings (SSSR count). The monoisotopic (exact) mass is 289 g/mol. The summed E-state index contributed by atoms with van der Waals surface area (Å²) in [6.45, 7) is 6.87. The normalized spacial score (nSPS) is 18.7. The molecule has 114 valence electrons. The molecular weight excluding hydrogens is 265 g/mol. The highest BCUT2D eigenvalue weighted by atomic mass is 19.1. The van der Waals surface area contributed by atoms with Gasteiger partial charge in [-0.15, -0.1) is 0 Å². The van der Waals surface area contributed by atoms with Gasteiger partial charge in [0.15, 0.2) is 0 Å². The van der Waals surface area contributed by atoms with Crippen molar-refractivity contribution in [2.45, 2.75) is 32.7 Å². The van der Waals surface area contributed by atoms with E-state index < -0.39 is 0 Å². The maximum Gasteiger partial charge on any atom is 0.127 e. The maximum absolute atomic E-state index is 13.9. The molecule has 1 aliphatic heterocycles. The zero-order valence-corrected chi connectivity index (χ0v) is 12.7. The van der Waals surface area contributed by atoms with E-state index in [1.807, 2.05) is 0 Å². The molecule has 1 aromatic rings. The lowest BCUT2D eigenvalue weighted by molar-refractivity contribution is 0.199. The van der Waals surface area contributed by atoms with Crippen LogP contribution in [0.5, 0.6) is 0 Å². The molecule has 0 amide bonds. The van der Waals surface area contributed by atoms with E-state index in [2.05, 4.69) is 23.2 Å². The molecule has 21 heavy (non-hydrogen) atoms. The van der Waals surface area contributed by atoms with Gasteiger partial charge in [-0.2, -0.15) is 5.26 Å². The molecule has 0 aromatic heterocycles. The Labute approximate surface area is 126 Å². The van der Waals surface area contributed by atoms with Crippen LogP contribution in [0.1, 0.15) is 37.3 Å². The standard InChI is InChI=1S/C17H24FN3/c1-2-8-21(12-15-4-3-7-20-11-15)13-16-9-14(10-19)5-6-17(16)18/h5-6,9,15,20H,2-4,7-8,11-13H2,1H3. The van der Waals surface area contributed by atoms with Crippen molar-refractivity contribution < 1.29 is 4.39 Å². The summed E-state index contributed by atoms with van der Waals surface area (Å²) in [5.41, 5.74) is 1.16. The zero-order chi connectivity index (χ0) is 15.1. The molecule has 1 unspecified atom stereocenters. The predicted octanol–water partition coefficient (Wildman–Crippen LogP) is 2.91. The number of rotatable bonds is 6. The van der Waals surface area contributed by atoms with Gasteiger partial charge in [-0.05, 0) is 63.0 Å². The highest BCUT2D eigenvalue weighted by molar-refractivity contribution is 5.33. The van der Waals surface area contributed by atoms with Crippen LogP contribution in [0.4, 0.5) is 4.39 Å². The average Bonchev–Trinajstić information content (AvgIpc) is 2.51. The first-order valence-corrected chi connectivity index (χ1v) is 7.84. The zero-order valence-electron chi connectivity index (χ0n) is 12.7. The lowest BCUT2D eigenvalue weighted by Gasteiger charge is -2.30. The van der Waals surface area contributed by atoms with Gasteiger partial charge in [0.1, 0.15) is 5.82 Å². The van der Waals surface area contributed by atoms with E-state index in [-0.39, 0.29) is 5.82 Å². The van der Waals surface area contributed by atoms with Gasteiger partial charge in [0.2, 0.25) is 0 Å². The Morgan fingerprint density at radius 1 is 1.48 bits per heavy atom. The molecule has 0 bridgehead atoms. The van der Waals surface area contributed by atoms with Gasteiger partial charge in [-0.25, -0.2) is 4.39 Å². The Bertz CT molecular complexity index is 489. The molecule has 1 N–H and O–H groups in total. The smallest absolute Gasteiger partial charge is 0.127 e. The molecule has 1 saturated heterocycles. The van der Waals surface area contributed by atoms with E-state index >= 15 is 0 Å². The van der Waals surface area contributed by atoms with Crippen molar-refractivity contribution >= 4 is 0 Å². The lowest BCUT2D eigenvalue weighted by atomic mass is 9.98. The highest BCUT2D eigenvalue weighted by Crippen LogP contribution is 2.17. The highest BCUT2D eigenvalue weighted by Gasteiger charge is 2.18. The summed E-state index contributed by atoms with van der Waals surface area (Å²) < 4.78 is 13.9. The molecular formula is C17H24FN3. The van der Waals surface area contributed by atoms with Crippen LogP contribution < -0.4 is 5.32 Å². The summed E-state index contributed by atoms with van der Waals surface area (Å²) >= 11 is 0. The van der Waals surface area contributed by atoms with Crippen LogP contribution >= 0.6 is 0 Å². The van der Waals surface area contributed by atoms with Gasteiger partial charge in [0.05, 0.1) is 11.6 Å². The number of benzene rings is 1. The summed E-state index contributed by atoms with van der Waals surface area (Å²) in [6.07, 6.45) is 3.52. The average molecular weight is 289 g/mol. The van der Waals surface area contributed by atoms with E-state index in [4.69, 9.17) is 5.26 Å². The topological polar surface area (TPSA) is 39.1 Å². The van der Waals surface area contributed by atoms with Gasteiger partial charge < -0.3 is 5.32 Å². The second-order valence-corrected chi connectivity index (χ2v) is 5.87. The van der Waals surface area contributed by atoms with E-state index in [9.17, 15) is 4.39 Å². The second-order valence-electron chi connectivity index (χ2n) is 5.87. The van der Waals surface area contributed by atoms with E-state index in [1.165, 1.54) is 25.0 Å². The molecule has 1 fully saturated rings. The van der Waals surface area contributed by atoms with Crippen LogP contribution in [-0.2, 0) is 6.54 Å². The number of hydrogen-bond acceptors (Lipinski definition) is 3. The fraction of sp³-hybridized carbons (Fsp3) is 0.588. The minimum absolute atomic E-state index is 0.211. The molecule has 0 aliphatic carbocycles. The summed E-state index contributed by atoms with van der Waals surface area (Å²) in [6, 6.07) is 6.70. The SMILES string of the molecule is CCCN(Cc1cc(C#N)ccc1F)CC1CCCNC1. The third-order valence-corrected chi connectivity index (χ3v) is 4.02. The molecule has 1 atom stereocenters. The Hall–Kier alpha value is -1.44. The lowest BCUT2D eigenvalue weighted by Crippen LogP contribution is -2.38. The molecule has 0 spiro atoms. The van der Waals surface area contributed by atoms with Gasteiger partial charge in [-0.1, -0.05) is 6.92 Å². The third kappa shape index (κ3) is 4.80. The van der Waals surface area contributed by atoms with E-state index in [0.717, 1.165) is 32.6 Å². The van der Waals surface area contributed by atoms with E-state index in [1.54, 1.807) is 6.07 Å². The van der Waals surface area contributed by atoms with Crippen LogP contribution in [-0.4, -0.2) is 31.1 Å². The van der Waals surface area contributed by atoms with Crippen molar-refractivity contribution in [3.05, 3.63) is 35.1 Å². The molecule has 1 aliphatic rings. The molecule has 0 saturated carbocycles. The number of halogens is 1. The van der Waals surface area contributed by atoms with E-state index in [0.29, 0.717) is 23.6 Å². The fourth-order valence-electron chi connectivity index (χ4n) is 3.00. The van der Waals surface area contributed by atoms with Crippen LogP contribution in [0.2, 0.25) is 0 Å². The second kappa shape index (κ2) is 8.11. The number of nitrogens with one attached hydrogen (secondary N) is 1. The molecule has 1 aromatic carbocycles. The van der Waals surface area contributed by atoms with Gasteiger partial charge in [-0.3, -0.25) is 4.90 Å². The largest absolute Gasteiger partial charge is 0.316 e. The van der Waals surface area contributed by atoms with Gasteiger partial charge >= 0.3 is 0 Å². The van der Waals surface area contributed by atoms with Crippen molar-refractivity contribution in [3.63, 3.8) is 0 Å². The summed E-state index contributed by atoms with van der Waals surface area (Å²) in [5, 5.41) is 12.4. The van der Waals surface area contributed by atoms with Gasteiger partial charge in [0.25, 0.3) is 0 Å². The summed E-state index contributed by atoms with van der Waals surface area (Å²) in [5.74, 6) is 0.435. The summed E-state index contributed by atoms with van der Waals surface area (Å²) in [7, 11) is 0. The molecule has 3 nitrogen and oxygen atoms in total. The van der Waals surface area contributed by atoms with Crippen LogP contribution in [0, 0.1) is 23.1 Å². The van der Waals surface area contributed by atoms with Gasteiger partial charge in [0, 0.05) is 18.7 Å². The van der Waals surface area contributed by atoms with Crippen LogP contribution in [0.15, 0.2) is 18.2 Å². The third-order valence-electron chi connectivity index (χ3n) is 4.02. The Morgan fingerprint density at radius 2 is 2.33 bits per heavy atom. The number of hydrogen-bond donors (Lipinski definition) is 1. The number of nitriles is 1. The van der Waals surface area contributed by atoms with Crippen LogP contribution in [0.25, 0.3) is 0 Å². The Morgan fingerprint density at radius 3 is 3.00 bits per heavy atom. The molecule has 1 heterocycles. The Balaban J connectivity index is 2.03. The first-order valence-electron chi connectivity index (χ1n) is 7.84. The van der Waals surface area contributed by atoms with Crippen molar-refractivity contribution in [3.8, 4) is 6.07 Å². The van der Waals surface area contributed by atoms with Crippen molar-refractivity contribution in [2.24, 2.45) is 5.92 Å².